The average molecular weight is 265 g/mol. The van der Waals surface area contributed by atoms with Gasteiger partial charge in [0.05, 0.1) is 11.6 Å². The molecule has 0 bridgehead atoms. The summed E-state index contributed by atoms with van der Waals surface area (Å²) in [7, 11) is 0. The van der Waals surface area contributed by atoms with E-state index in [1.54, 1.807) is 0 Å². The minimum absolute atomic E-state index is 0.151. The van der Waals surface area contributed by atoms with Crippen LogP contribution in [0, 0.1) is 26.2 Å². The van der Waals surface area contributed by atoms with Gasteiger partial charge in [-0.25, -0.2) is 0 Å². The molecule has 3 heteroatoms. The molecule has 0 aliphatic heterocycles. The molecule has 0 atom stereocenters. The molecule has 1 aromatic rings. The van der Waals surface area contributed by atoms with Crippen molar-refractivity contribution in [1.82, 2.24) is 0 Å². The molecule has 1 rings (SSSR count). The van der Waals surface area contributed by atoms with E-state index in [4.69, 9.17) is 22.7 Å². The molecule has 0 radical (unpaired) electrons. The van der Waals surface area contributed by atoms with Crippen LogP contribution in [0.15, 0.2) is 12.1 Å². The molecular formula is C15H23NOS. The van der Waals surface area contributed by atoms with Gasteiger partial charge < -0.3 is 10.5 Å². The van der Waals surface area contributed by atoms with Crippen molar-refractivity contribution in [1.29, 1.82) is 0 Å². The molecule has 100 valence electrons. The maximum atomic E-state index is 5.87. The maximum Gasteiger partial charge on any atom is 0.122 e. The third-order valence-corrected chi connectivity index (χ3v) is 3.97. The zero-order valence-corrected chi connectivity index (χ0v) is 12.8. The Kier molecular flexibility index (Phi) is 4.74. The van der Waals surface area contributed by atoms with Crippen molar-refractivity contribution in [3.63, 3.8) is 0 Å². The van der Waals surface area contributed by atoms with Gasteiger partial charge in [0.2, 0.25) is 0 Å². The van der Waals surface area contributed by atoms with Gasteiger partial charge >= 0.3 is 0 Å². The smallest absolute Gasteiger partial charge is 0.122 e. The third kappa shape index (κ3) is 3.70. The van der Waals surface area contributed by atoms with Crippen LogP contribution < -0.4 is 10.5 Å². The second kappa shape index (κ2) is 5.70. The molecule has 0 spiro atoms. The summed E-state index contributed by atoms with van der Waals surface area (Å²) in [6.45, 7) is 11.0. The molecule has 0 amide bonds. The summed E-state index contributed by atoms with van der Waals surface area (Å²) in [4.78, 5) is 0.545. The Bertz CT molecular complexity index is 452. The fraction of sp³-hybridized carbons (Fsp3) is 0.533. The van der Waals surface area contributed by atoms with Gasteiger partial charge in [0.25, 0.3) is 0 Å². The highest BCUT2D eigenvalue weighted by Gasteiger charge is 2.21. The van der Waals surface area contributed by atoms with Crippen molar-refractivity contribution in [3.05, 3.63) is 28.8 Å². The number of hydrogen-bond donors (Lipinski definition) is 1. The van der Waals surface area contributed by atoms with E-state index >= 15 is 0 Å². The van der Waals surface area contributed by atoms with Crippen LogP contribution >= 0.6 is 12.2 Å². The Morgan fingerprint density at radius 3 is 2.44 bits per heavy atom. The van der Waals surface area contributed by atoms with Gasteiger partial charge in [0, 0.05) is 5.41 Å². The molecule has 0 saturated carbocycles. The van der Waals surface area contributed by atoms with Crippen molar-refractivity contribution < 1.29 is 4.74 Å². The first-order chi connectivity index (χ1) is 8.24. The van der Waals surface area contributed by atoms with Crippen LogP contribution in [-0.4, -0.2) is 11.6 Å². The van der Waals surface area contributed by atoms with E-state index in [1.807, 2.05) is 13.8 Å². The number of thiocarbonyl (C=S) groups is 1. The summed E-state index contributed by atoms with van der Waals surface area (Å²) in [5.74, 6) is 0.964. The van der Waals surface area contributed by atoms with E-state index in [1.165, 1.54) is 16.7 Å². The first-order valence-corrected chi connectivity index (χ1v) is 6.65. The van der Waals surface area contributed by atoms with Crippen LogP contribution in [0.4, 0.5) is 0 Å². The fourth-order valence-electron chi connectivity index (χ4n) is 1.69. The maximum absolute atomic E-state index is 5.87. The quantitative estimate of drug-likeness (QED) is 0.825. The third-order valence-electron chi connectivity index (χ3n) is 3.42. The zero-order chi connectivity index (χ0) is 13.9. The minimum atomic E-state index is -0.151. The van der Waals surface area contributed by atoms with E-state index in [0.717, 1.165) is 12.2 Å². The monoisotopic (exact) mass is 265 g/mol. The van der Waals surface area contributed by atoms with Crippen molar-refractivity contribution in [2.45, 2.75) is 41.0 Å². The average Bonchev–Trinajstić information content (AvgIpc) is 2.24. The number of aryl methyl sites for hydroxylation is 2. The van der Waals surface area contributed by atoms with Crippen LogP contribution in [-0.2, 0) is 0 Å². The van der Waals surface area contributed by atoms with E-state index in [9.17, 15) is 0 Å². The van der Waals surface area contributed by atoms with Gasteiger partial charge in [-0.1, -0.05) is 32.1 Å². The lowest BCUT2D eigenvalue weighted by Crippen LogP contribution is -2.31. The molecule has 0 aliphatic carbocycles. The number of benzene rings is 1. The number of nitrogens with two attached hydrogens (primary N) is 1. The molecule has 0 unspecified atom stereocenters. The summed E-state index contributed by atoms with van der Waals surface area (Å²) < 4.78 is 5.87. The Hall–Kier alpha value is -1.09. The Morgan fingerprint density at radius 1 is 1.28 bits per heavy atom. The Morgan fingerprint density at radius 2 is 1.89 bits per heavy atom. The fourth-order valence-corrected chi connectivity index (χ4v) is 1.79. The Labute approximate surface area is 116 Å². The molecule has 0 heterocycles. The van der Waals surface area contributed by atoms with Gasteiger partial charge in [-0.15, -0.1) is 0 Å². The summed E-state index contributed by atoms with van der Waals surface area (Å²) in [6.07, 6.45) is 0.828. The van der Waals surface area contributed by atoms with E-state index in [2.05, 4.69) is 32.9 Å². The molecule has 18 heavy (non-hydrogen) atoms. The number of rotatable bonds is 5. The van der Waals surface area contributed by atoms with Gasteiger partial charge in [0.1, 0.15) is 5.75 Å². The van der Waals surface area contributed by atoms with E-state index in [0.29, 0.717) is 11.6 Å². The van der Waals surface area contributed by atoms with Crippen LogP contribution in [0.5, 0.6) is 5.75 Å². The zero-order valence-electron chi connectivity index (χ0n) is 12.0. The SMILES string of the molecule is Cc1cc(C)c(C)c(OCCC(C)(C)C(N)=S)c1. The van der Waals surface area contributed by atoms with Crippen molar-refractivity contribution in [2.24, 2.45) is 11.1 Å². The molecule has 0 aliphatic rings. The first kappa shape index (κ1) is 15.0. The highest BCUT2D eigenvalue weighted by atomic mass is 32.1. The van der Waals surface area contributed by atoms with Crippen LogP contribution in [0.25, 0.3) is 0 Å². The van der Waals surface area contributed by atoms with Gasteiger partial charge in [-0.05, 0) is 49.9 Å². The van der Waals surface area contributed by atoms with Gasteiger partial charge in [0.15, 0.2) is 0 Å². The van der Waals surface area contributed by atoms with E-state index < -0.39 is 0 Å². The van der Waals surface area contributed by atoms with Crippen molar-refractivity contribution in [3.8, 4) is 5.75 Å². The second-order valence-electron chi connectivity index (χ2n) is 5.55. The lowest BCUT2D eigenvalue weighted by molar-refractivity contribution is 0.268. The minimum Gasteiger partial charge on any atom is -0.493 e. The number of ether oxygens (including phenoxy) is 1. The highest BCUT2D eigenvalue weighted by Crippen LogP contribution is 2.25. The number of hydrogen-bond acceptors (Lipinski definition) is 2. The molecule has 2 nitrogen and oxygen atoms in total. The molecular weight excluding hydrogens is 242 g/mol. The van der Waals surface area contributed by atoms with Gasteiger partial charge in [-0.3, -0.25) is 0 Å². The predicted octanol–water partition coefficient (Wildman–Crippen LogP) is 3.69. The molecule has 0 fully saturated rings. The highest BCUT2D eigenvalue weighted by molar-refractivity contribution is 7.80. The summed E-state index contributed by atoms with van der Waals surface area (Å²) in [5.41, 5.74) is 9.24. The summed E-state index contributed by atoms with van der Waals surface area (Å²) in [6, 6.07) is 4.25. The lowest BCUT2D eigenvalue weighted by Gasteiger charge is -2.23. The van der Waals surface area contributed by atoms with E-state index in [-0.39, 0.29) is 5.41 Å². The molecule has 0 saturated heterocycles. The molecule has 1 aromatic carbocycles. The Balaban J connectivity index is 2.68. The predicted molar refractivity (Wildman–Crippen MR) is 81.3 cm³/mol. The van der Waals surface area contributed by atoms with Crippen LogP contribution in [0.3, 0.4) is 0 Å². The largest absolute Gasteiger partial charge is 0.493 e. The summed E-state index contributed by atoms with van der Waals surface area (Å²) in [5, 5.41) is 0. The lowest BCUT2D eigenvalue weighted by atomic mass is 9.90. The topological polar surface area (TPSA) is 35.2 Å². The van der Waals surface area contributed by atoms with Crippen LogP contribution in [0.1, 0.15) is 37.0 Å². The normalized spacial score (nSPS) is 11.4. The first-order valence-electron chi connectivity index (χ1n) is 6.24. The van der Waals surface area contributed by atoms with Gasteiger partial charge in [-0.2, -0.15) is 0 Å². The van der Waals surface area contributed by atoms with Crippen LogP contribution in [0.2, 0.25) is 0 Å². The van der Waals surface area contributed by atoms with Crippen molar-refractivity contribution in [2.75, 3.05) is 6.61 Å². The summed E-state index contributed by atoms with van der Waals surface area (Å²) >= 11 is 5.05. The standard InChI is InChI=1S/C15H23NOS/c1-10-8-11(2)12(3)13(9-10)17-7-6-15(4,5)14(16)18/h8-9H,6-7H2,1-5H3,(H2,16,18). The molecule has 2 N–H and O–H groups in total. The van der Waals surface area contributed by atoms with Crippen molar-refractivity contribution >= 4 is 17.2 Å². The second-order valence-corrected chi connectivity index (χ2v) is 5.99. The molecule has 0 aromatic heterocycles.